The lowest BCUT2D eigenvalue weighted by atomic mass is 9.87. The van der Waals surface area contributed by atoms with Crippen molar-refractivity contribution in [2.24, 2.45) is 11.1 Å². The molecule has 1 amide bonds. The summed E-state index contributed by atoms with van der Waals surface area (Å²) < 4.78 is 0. The molecule has 0 aliphatic carbocycles. The molecule has 0 bridgehead atoms. The van der Waals surface area contributed by atoms with Gasteiger partial charge in [-0.1, -0.05) is 26.8 Å². The van der Waals surface area contributed by atoms with Crippen molar-refractivity contribution in [2.45, 2.75) is 39.7 Å². The molecular formula is C15H29N3O. The van der Waals surface area contributed by atoms with Crippen LogP contribution in [-0.2, 0) is 4.79 Å². The molecule has 1 unspecified atom stereocenters. The quantitative estimate of drug-likeness (QED) is 0.767. The zero-order valence-electron chi connectivity index (χ0n) is 12.7. The molecule has 1 fully saturated rings. The number of carbonyl (C=O) groups is 1. The van der Waals surface area contributed by atoms with Crippen molar-refractivity contribution in [3.63, 3.8) is 0 Å². The lowest BCUT2D eigenvalue weighted by molar-refractivity contribution is -0.133. The minimum absolute atomic E-state index is 0.0290. The number of carbonyl (C=O) groups excluding carboxylic acids is 1. The van der Waals surface area contributed by atoms with Crippen LogP contribution >= 0.6 is 0 Å². The van der Waals surface area contributed by atoms with E-state index >= 15 is 0 Å². The maximum absolute atomic E-state index is 12.2. The molecule has 4 heteroatoms. The molecule has 1 saturated heterocycles. The lowest BCUT2D eigenvalue weighted by Gasteiger charge is -2.35. The fraction of sp³-hybridized carbons (Fsp3) is 0.800. The summed E-state index contributed by atoms with van der Waals surface area (Å²) in [5.74, 6) is 0.204. The molecule has 1 heterocycles. The summed E-state index contributed by atoms with van der Waals surface area (Å²) in [5, 5.41) is 0. The highest BCUT2D eigenvalue weighted by Crippen LogP contribution is 2.21. The first-order valence-electron chi connectivity index (χ1n) is 7.18. The van der Waals surface area contributed by atoms with Crippen LogP contribution in [0.25, 0.3) is 0 Å². The van der Waals surface area contributed by atoms with Crippen molar-refractivity contribution in [3.8, 4) is 0 Å². The molecular weight excluding hydrogens is 238 g/mol. The van der Waals surface area contributed by atoms with Gasteiger partial charge in [0, 0.05) is 45.2 Å². The van der Waals surface area contributed by atoms with Gasteiger partial charge in [-0.15, -0.1) is 6.58 Å². The average molecular weight is 267 g/mol. The molecule has 0 aromatic rings. The van der Waals surface area contributed by atoms with Crippen LogP contribution in [0, 0.1) is 5.41 Å². The SMILES string of the molecule is C=CCN1CCN(C(=O)CC(N)CC(C)(C)C)CC1. The molecule has 0 aromatic carbocycles. The molecule has 1 aliphatic rings. The Morgan fingerprint density at radius 3 is 2.37 bits per heavy atom. The number of nitrogens with zero attached hydrogens (tertiary/aromatic N) is 2. The second kappa shape index (κ2) is 7.06. The first-order chi connectivity index (χ1) is 8.81. The normalized spacial score (nSPS) is 19.3. The smallest absolute Gasteiger partial charge is 0.224 e. The molecule has 1 aliphatic heterocycles. The summed E-state index contributed by atoms with van der Waals surface area (Å²) in [7, 11) is 0. The third-order valence-electron chi connectivity index (χ3n) is 3.42. The Bertz CT molecular complexity index is 301. The number of nitrogens with two attached hydrogens (primary N) is 1. The van der Waals surface area contributed by atoms with Crippen molar-refractivity contribution >= 4 is 5.91 Å². The highest BCUT2D eigenvalue weighted by atomic mass is 16.2. The highest BCUT2D eigenvalue weighted by Gasteiger charge is 2.23. The van der Waals surface area contributed by atoms with E-state index in [0.29, 0.717) is 6.42 Å². The van der Waals surface area contributed by atoms with E-state index in [1.165, 1.54) is 0 Å². The molecule has 110 valence electrons. The topological polar surface area (TPSA) is 49.6 Å². The van der Waals surface area contributed by atoms with Crippen LogP contribution in [-0.4, -0.2) is 54.5 Å². The van der Waals surface area contributed by atoms with Gasteiger partial charge in [-0.2, -0.15) is 0 Å². The molecule has 0 saturated carbocycles. The predicted octanol–water partition coefficient (Wildman–Crippen LogP) is 1.47. The summed E-state index contributed by atoms with van der Waals surface area (Å²) >= 11 is 0. The van der Waals surface area contributed by atoms with Crippen molar-refractivity contribution in [1.82, 2.24) is 9.80 Å². The van der Waals surface area contributed by atoms with E-state index in [4.69, 9.17) is 5.73 Å². The summed E-state index contributed by atoms with van der Waals surface area (Å²) in [6.45, 7) is 14.6. The summed E-state index contributed by atoms with van der Waals surface area (Å²) in [4.78, 5) is 16.4. The van der Waals surface area contributed by atoms with Gasteiger partial charge in [0.25, 0.3) is 0 Å². The number of rotatable bonds is 5. The van der Waals surface area contributed by atoms with E-state index in [1.807, 2.05) is 11.0 Å². The molecule has 1 rings (SSSR count). The maximum atomic E-state index is 12.2. The summed E-state index contributed by atoms with van der Waals surface area (Å²) in [6, 6.07) is -0.0290. The summed E-state index contributed by atoms with van der Waals surface area (Å²) in [5.41, 5.74) is 6.25. The predicted molar refractivity (Wildman–Crippen MR) is 79.9 cm³/mol. The minimum Gasteiger partial charge on any atom is -0.340 e. The van der Waals surface area contributed by atoms with Gasteiger partial charge >= 0.3 is 0 Å². The largest absolute Gasteiger partial charge is 0.340 e. The first-order valence-corrected chi connectivity index (χ1v) is 7.18. The molecule has 1 atom stereocenters. The van der Waals surface area contributed by atoms with Crippen molar-refractivity contribution in [2.75, 3.05) is 32.7 Å². The monoisotopic (exact) mass is 267 g/mol. The molecule has 2 N–H and O–H groups in total. The zero-order valence-corrected chi connectivity index (χ0v) is 12.7. The minimum atomic E-state index is -0.0290. The second-order valence-corrected chi connectivity index (χ2v) is 6.70. The second-order valence-electron chi connectivity index (χ2n) is 6.70. The Balaban J connectivity index is 2.33. The van der Waals surface area contributed by atoms with Crippen LogP contribution in [0.1, 0.15) is 33.6 Å². The first kappa shape index (κ1) is 16.2. The Morgan fingerprint density at radius 2 is 1.89 bits per heavy atom. The third kappa shape index (κ3) is 6.21. The lowest BCUT2D eigenvalue weighted by Crippen LogP contribution is -2.49. The van der Waals surface area contributed by atoms with Crippen LogP contribution in [0.4, 0.5) is 0 Å². The molecule has 0 aromatic heterocycles. The van der Waals surface area contributed by atoms with Gasteiger partial charge < -0.3 is 10.6 Å². The van der Waals surface area contributed by atoms with Gasteiger partial charge in [0.2, 0.25) is 5.91 Å². The van der Waals surface area contributed by atoms with Gasteiger partial charge in [0.05, 0.1) is 0 Å². The Kier molecular flexibility index (Phi) is 6.01. The van der Waals surface area contributed by atoms with Crippen LogP contribution in [0.3, 0.4) is 0 Å². The highest BCUT2D eigenvalue weighted by molar-refractivity contribution is 5.76. The number of hydrogen-bond donors (Lipinski definition) is 1. The standard InChI is InChI=1S/C15H29N3O/c1-5-6-17-7-9-18(10-8-17)14(19)11-13(16)12-15(2,3)4/h5,13H,1,6-12,16H2,2-4H3. The Labute approximate surface area is 117 Å². The summed E-state index contributed by atoms with van der Waals surface area (Å²) in [6.07, 6.45) is 3.27. The van der Waals surface area contributed by atoms with Crippen molar-refractivity contribution < 1.29 is 4.79 Å². The van der Waals surface area contributed by atoms with E-state index in [9.17, 15) is 4.79 Å². The van der Waals surface area contributed by atoms with Gasteiger partial charge in [0.15, 0.2) is 0 Å². The molecule has 4 nitrogen and oxygen atoms in total. The van der Waals surface area contributed by atoms with Gasteiger partial charge in [-0.25, -0.2) is 0 Å². The van der Waals surface area contributed by atoms with Crippen LogP contribution < -0.4 is 5.73 Å². The Morgan fingerprint density at radius 1 is 1.32 bits per heavy atom. The number of amides is 1. The van der Waals surface area contributed by atoms with Crippen LogP contribution in [0.5, 0.6) is 0 Å². The van der Waals surface area contributed by atoms with Crippen LogP contribution in [0.2, 0.25) is 0 Å². The fourth-order valence-corrected chi connectivity index (χ4v) is 2.57. The Hall–Kier alpha value is -0.870. The number of piperazine rings is 1. The van der Waals surface area contributed by atoms with Gasteiger partial charge in [0.1, 0.15) is 0 Å². The fourth-order valence-electron chi connectivity index (χ4n) is 2.57. The van der Waals surface area contributed by atoms with E-state index in [-0.39, 0.29) is 17.4 Å². The number of hydrogen-bond acceptors (Lipinski definition) is 3. The van der Waals surface area contributed by atoms with Gasteiger partial charge in [-0.05, 0) is 11.8 Å². The van der Waals surface area contributed by atoms with Crippen molar-refractivity contribution in [1.29, 1.82) is 0 Å². The van der Waals surface area contributed by atoms with Gasteiger partial charge in [-0.3, -0.25) is 9.69 Å². The van der Waals surface area contributed by atoms with Crippen LogP contribution in [0.15, 0.2) is 12.7 Å². The van der Waals surface area contributed by atoms with E-state index < -0.39 is 0 Å². The van der Waals surface area contributed by atoms with E-state index in [1.54, 1.807) is 0 Å². The molecule has 0 spiro atoms. The van der Waals surface area contributed by atoms with Crippen molar-refractivity contribution in [3.05, 3.63) is 12.7 Å². The van der Waals surface area contributed by atoms with E-state index in [0.717, 1.165) is 39.1 Å². The zero-order chi connectivity index (χ0) is 14.5. The third-order valence-corrected chi connectivity index (χ3v) is 3.42. The maximum Gasteiger partial charge on any atom is 0.224 e. The molecule has 19 heavy (non-hydrogen) atoms. The molecule has 0 radical (unpaired) electrons. The van der Waals surface area contributed by atoms with E-state index in [2.05, 4.69) is 32.3 Å². The average Bonchev–Trinajstić information content (AvgIpc) is 2.27.